The van der Waals surface area contributed by atoms with Gasteiger partial charge in [0.05, 0.1) is 5.69 Å². The summed E-state index contributed by atoms with van der Waals surface area (Å²) in [5.41, 5.74) is 1.11. The van der Waals surface area contributed by atoms with Crippen LogP contribution in [-0.2, 0) is 7.05 Å². The first-order valence-electron chi connectivity index (χ1n) is 6.38. The highest BCUT2D eigenvalue weighted by Gasteiger charge is 2.33. The lowest BCUT2D eigenvalue weighted by molar-refractivity contribution is 0.255. The standard InChI is InChI=1S/C13H19N3O/c1-15-9-11(2-3-13(15)17)14-12-5-7-16-6-4-10(12)8-16/h2-3,9-10,12,14H,4-8H2,1H3. The monoisotopic (exact) mass is 233 g/mol. The normalized spacial score (nSPS) is 31.5. The van der Waals surface area contributed by atoms with Crippen molar-refractivity contribution in [2.24, 2.45) is 13.0 Å². The first kappa shape index (κ1) is 10.8. The third-order valence-corrected chi connectivity index (χ3v) is 4.07. The van der Waals surface area contributed by atoms with E-state index in [0.717, 1.165) is 11.6 Å². The summed E-state index contributed by atoms with van der Waals surface area (Å²) in [7, 11) is 1.80. The van der Waals surface area contributed by atoms with Crippen LogP contribution in [-0.4, -0.2) is 35.1 Å². The van der Waals surface area contributed by atoms with Crippen LogP contribution in [0.1, 0.15) is 12.8 Å². The van der Waals surface area contributed by atoms with Crippen molar-refractivity contribution in [3.8, 4) is 0 Å². The van der Waals surface area contributed by atoms with Gasteiger partial charge in [0, 0.05) is 38.4 Å². The van der Waals surface area contributed by atoms with Crippen molar-refractivity contribution in [3.05, 3.63) is 28.7 Å². The Kier molecular flexibility index (Phi) is 2.67. The van der Waals surface area contributed by atoms with Gasteiger partial charge in [0.15, 0.2) is 0 Å². The quantitative estimate of drug-likeness (QED) is 0.824. The van der Waals surface area contributed by atoms with Crippen LogP contribution >= 0.6 is 0 Å². The summed E-state index contributed by atoms with van der Waals surface area (Å²) in [4.78, 5) is 13.9. The highest BCUT2D eigenvalue weighted by molar-refractivity contribution is 5.41. The van der Waals surface area contributed by atoms with Gasteiger partial charge in [-0.1, -0.05) is 0 Å². The minimum absolute atomic E-state index is 0.0474. The Hall–Kier alpha value is -1.29. The number of fused-ring (bicyclic) bond motifs is 2. The maximum atomic E-state index is 11.3. The molecule has 2 bridgehead atoms. The first-order valence-corrected chi connectivity index (χ1v) is 6.38. The molecular weight excluding hydrogens is 214 g/mol. The molecule has 3 rings (SSSR count). The molecule has 0 aliphatic carbocycles. The molecule has 2 aliphatic rings. The summed E-state index contributed by atoms with van der Waals surface area (Å²) >= 11 is 0. The van der Waals surface area contributed by atoms with Gasteiger partial charge in [0.25, 0.3) is 0 Å². The molecule has 4 heteroatoms. The Bertz CT molecular complexity index is 468. The third-order valence-electron chi connectivity index (χ3n) is 4.07. The molecule has 3 heterocycles. The van der Waals surface area contributed by atoms with Gasteiger partial charge < -0.3 is 14.8 Å². The fourth-order valence-electron chi connectivity index (χ4n) is 3.03. The maximum absolute atomic E-state index is 11.3. The molecule has 2 aliphatic heterocycles. The molecule has 0 spiro atoms. The van der Waals surface area contributed by atoms with Crippen LogP contribution in [0.5, 0.6) is 0 Å². The van der Waals surface area contributed by atoms with Crippen LogP contribution in [0.25, 0.3) is 0 Å². The number of hydrogen-bond donors (Lipinski definition) is 1. The van der Waals surface area contributed by atoms with Crippen LogP contribution in [0.15, 0.2) is 23.1 Å². The van der Waals surface area contributed by atoms with Crippen molar-refractivity contribution in [2.45, 2.75) is 18.9 Å². The van der Waals surface area contributed by atoms with Gasteiger partial charge in [-0.05, 0) is 31.4 Å². The molecule has 0 saturated carbocycles. The van der Waals surface area contributed by atoms with Gasteiger partial charge in [0.1, 0.15) is 0 Å². The van der Waals surface area contributed by atoms with E-state index in [4.69, 9.17) is 0 Å². The fraction of sp³-hybridized carbons (Fsp3) is 0.615. The van der Waals surface area contributed by atoms with Crippen LogP contribution < -0.4 is 10.9 Å². The molecule has 1 aromatic heterocycles. The molecule has 4 nitrogen and oxygen atoms in total. The Morgan fingerprint density at radius 2 is 2.12 bits per heavy atom. The maximum Gasteiger partial charge on any atom is 0.250 e. The van der Waals surface area contributed by atoms with E-state index in [1.165, 1.54) is 32.5 Å². The number of piperidine rings is 1. The topological polar surface area (TPSA) is 37.3 Å². The number of nitrogens with one attached hydrogen (secondary N) is 1. The zero-order valence-corrected chi connectivity index (χ0v) is 10.2. The van der Waals surface area contributed by atoms with E-state index in [0.29, 0.717) is 6.04 Å². The van der Waals surface area contributed by atoms with E-state index in [-0.39, 0.29) is 5.56 Å². The van der Waals surface area contributed by atoms with Crippen LogP contribution in [0, 0.1) is 5.92 Å². The fourth-order valence-corrected chi connectivity index (χ4v) is 3.03. The molecule has 17 heavy (non-hydrogen) atoms. The lowest BCUT2D eigenvalue weighted by atomic mass is 9.94. The predicted octanol–water partition coefficient (Wildman–Crippen LogP) is 0.891. The van der Waals surface area contributed by atoms with Crippen LogP contribution in [0.4, 0.5) is 5.69 Å². The second kappa shape index (κ2) is 4.18. The average Bonchev–Trinajstić information content (AvgIpc) is 2.71. The number of nitrogens with zero attached hydrogens (tertiary/aromatic N) is 2. The smallest absolute Gasteiger partial charge is 0.250 e. The minimum Gasteiger partial charge on any atom is -0.381 e. The molecule has 0 aromatic carbocycles. The Labute approximate surface area is 101 Å². The summed E-state index contributed by atoms with van der Waals surface area (Å²) in [6.07, 6.45) is 4.42. The van der Waals surface area contributed by atoms with Crippen molar-refractivity contribution in [2.75, 3.05) is 25.0 Å². The van der Waals surface area contributed by atoms with Gasteiger partial charge in [-0.2, -0.15) is 0 Å². The number of pyridine rings is 1. The third kappa shape index (κ3) is 2.09. The summed E-state index contributed by atoms with van der Waals surface area (Å²) in [5, 5.41) is 3.59. The number of rotatable bonds is 2. The number of aryl methyl sites for hydroxylation is 1. The zero-order chi connectivity index (χ0) is 11.8. The van der Waals surface area contributed by atoms with Gasteiger partial charge in [0.2, 0.25) is 5.56 Å². The lowest BCUT2D eigenvalue weighted by Crippen LogP contribution is -2.39. The van der Waals surface area contributed by atoms with Crippen LogP contribution in [0.2, 0.25) is 0 Å². The molecule has 0 amide bonds. The molecule has 2 fully saturated rings. The Morgan fingerprint density at radius 3 is 2.94 bits per heavy atom. The van der Waals surface area contributed by atoms with E-state index in [2.05, 4.69) is 10.2 Å². The van der Waals surface area contributed by atoms with E-state index < -0.39 is 0 Å². The molecule has 92 valence electrons. The van der Waals surface area contributed by atoms with Crippen LogP contribution in [0.3, 0.4) is 0 Å². The highest BCUT2D eigenvalue weighted by Crippen LogP contribution is 2.29. The second-order valence-corrected chi connectivity index (χ2v) is 5.26. The number of aromatic nitrogens is 1. The van der Waals surface area contributed by atoms with E-state index >= 15 is 0 Å². The van der Waals surface area contributed by atoms with Crippen molar-refractivity contribution in [1.82, 2.24) is 9.47 Å². The van der Waals surface area contributed by atoms with Crippen molar-refractivity contribution < 1.29 is 0 Å². The molecule has 1 aromatic rings. The van der Waals surface area contributed by atoms with E-state index in [1.807, 2.05) is 12.3 Å². The van der Waals surface area contributed by atoms with Gasteiger partial charge in [-0.3, -0.25) is 4.79 Å². The number of hydrogen-bond acceptors (Lipinski definition) is 3. The van der Waals surface area contributed by atoms with E-state index in [1.54, 1.807) is 17.7 Å². The second-order valence-electron chi connectivity index (χ2n) is 5.26. The van der Waals surface area contributed by atoms with Crippen molar-refractivity contribution in [1.29, 1.82) is 0 Å². The Morgan fingerprint density at radius 1 is 1.29 bits per heavy atom. The van der Waals surface area contributed by atoms with Gasteiger partial charge in [-0.15, -0.1) is 0 Å². The molecule has 0 radical (unpaired) electrons. The van der Waals surface area contributed by atoms with E-state index in [9.17, 15) is 4.79 Å². The molecule has 3 unspecified atom stereocenters. The Balaban J connectivity index is 1.73. The summed E-state index contributed by atoms with van der Waals surface area (Å²) in [6.45, 7) is 3.71. The van der Waals surface area contributed by atoms with Gasteiger partial charge >= 0.3 is 0 Å². The van der Waals surface area contributed by atoms with Crippen molar-refractivity contribution in [3.63, 3.8) is 0 Å². The summed E-state index contributed by atoms with van der Waals surface area (Å²) in [6, 6.07) is 4.10. The SMILES string of the molecule is Cn1cc(NC2CCN3CCC2C3)ccc1=O. The highest BCUT2D eigenvalue weighted by atomic mass is 16.1. The average molecular weight is 233 g/mol. The first-order chi connectivity index (χ1) is 8.22. The number of anilines is 1. The molecular formula is C13H19N3O. The molecule has 2 saturated heterocycles. The summed E-state index contributed by atoms with van der Waals surface area (Å²) in [5.74, 6) is 0.779. The van der Waals surface area contributed by atoms with Gasteiger partial charge in [-0.25, -0.2) is 0 Å². The largest absolute Gasteiger partial charge is 0.381 e. The summed E-state index contributed by atoms with van der Waals surface area (Å²) < 4.78 is 1.63. The lowest BCUT2D eigenvalue weighted by Gasteiger charge is -2.31. The molecule has 3 atom stereocenters. The minimum atomic E-state index is 0.0474. The zero-order valence-electron chi connectivity index (χ0n) is 10.2. The predicted molar refractivity (Wildman–Crippen MR) is 68.3 cm³/mol. The van der Waals surface area contributed by atoms with Crippen molar-refractivity contribution >= 4 is 5.69 Å². The molecule has 1 N–H and O–H groups in total.